The van der Waals surface area contributed by atoms with E-state index in [2.05, 4.69) is 15.3 Å². The Labute approximate surface area is 164 Å². The number of para-hydroxylation sites is 1. The number of amides is 1. The SMILES string of the molecule is Cc1cc(C)c(NC(=O)c2cc(C)nc(N(C)c3ccccc3)n2)c(Cl)c1. The lowest BCUT2D eigenvalue weighted by atomic mass is 10.1. The summed E-state index contributed by atoms with van der Waals surface area (Å²) < 4.78 is 0. The summed E-state index contributed by atoms with van der Waals surface area (Å²) in [6.07, 6.45) is 0. The van der Waals surface area contributed by atoms with E-state index in [0.29, 0.717) is 22.4 Å². The summed E-state index contributed by atoms with van der Waals surface area (Å²) in [6.45, 7) is 5.71. The van der Waals surface area contributed by atoms with E-state index in [1.807, 2.05) is 75.2 Å². The molecule has 0 aliphatic rings. The van der Waals surface area contributed by atoms with Crippen LogP contribution in [-0.4, -0.2) is 22.9 Å². The molecule has 1 aromatic heterocycles. The first-order chi connectivity index (χ1) is 12.8. The van der Waals surface area contributed by atoms with Gasteiger partial charge >= 0.3 is 0 Å². The molecular formula is C21H21ClN4O. The van der Waals surface area contributed by atoms with Gasteiger partial charge in [-0.1, -0.05) is 35.9 Å². The van der Waals surface area contributed by atoms with Crippen LogP contribution >= 0.6 is 11.6 Å². The second kappa shape index (κ2) is 7.76. The van der Waals surface area contributed by atoms with Crippen molar-refractivity contribution in [1.29, 1.82) is 0 Å². The van der Waals surface area contributed by atoms with Crippen LogP contribution < -0.4 is 10.2 Å². The highest BCUT2D eigenvalue weighted by molar-refractivity contribution is 6.34. The molecule has 1 amide bonds. The number of nitrogens with one attached hydrogen (secondary N) is 1. The highest BCUT2D eigenvalue weighted by Gasteiger charge is 2.16. The van der Waals surface area contributed by atoms with E-state index in [1.165, 1.54) is 0 Å². The number of rotatable bonds is 4. The van der Waals surface area contributed by atoms with Gasteiger partial charge in [0.2, 0.25) is 5.95 Å². The predicted octanol–water partition coefficient (Wildman–Crippen LogP) is 5.08. The van der Waals surface area contributed by atoms with Crippen LogP contribution in [0.15, 0.2) is 48.5 Å². The van der Waals surface area contributed by atoms with Crippen molar-refractivity contribution >= 4 is 34.8 Å². The van der Waals surface area contributed by atoms with Crippen LogP contribution in [0, 0.1) is 20.8 Å². The molecule has 27 heavy (non-hydrogen) atoms. The van der Waals surface area contributed by atoms with Crippen molar-refractivity contribution in [2.45, 2.75) is 20.8 Å². The summed E-state index contributed by atoms with van der Waals surface area (Å²) in [5.41, 5.74) is 4.48. The van der Waals surface area contributed by atoms with Crippen LogP contribution in [0.2, 0.25) is 5.02 Å². The highest BCUT2D eigenvalue weighted by atomic mass is 35.5. The first-order valence-corrected chi connectivity index (χ1v) is 8.95. The Balaban J connectivity index is 1.91. The molecule has 0 radical (unpaired) electrons. The van der Waals surface area contributed by atoms with E-state index in [4.69, 9.17) is 11.6 Å². The molecule has 138 valence electrons. The molecule has 1 N–H and O–H groups in total. The van der Waals surface area contributed by atoms with Crippen molar-refractivity contribution < 1.29 is 4.79 Å². The molecule has 0 saturated carbocycles. The molecule has 5 nitrogen and oxygen atoms in total. The highest BCUT2D eigenvalue weighted by Crippen LogP contribution is 2.28. The molecule has 0 fully saturated rings. The molecule has 0 bridgehead atoms. The number of hydrogen-bond acceptors (Lipinski definition) is 4. The smallest absolute Gasteiger partial charge is 0.274 e. The summed E-state index contributed by atoms with van der Waals surface area (Å²) in [6, 6.07) is 15.2. The quantitative estimate of drug-likeness (QED) is 0.686. The summed E-state index contributed by atoms with van der Waals surface area (Å²) in [7, 11) is 1.87. The van der Waals surface area contributed by atoms with Crippen LogP contribution in [0.3, 0.4) is 0 Å². The average Bonchev–Trinajstić information content (AvgIpc) is 2.64. The summed E-state index contributed by atoms with van der Waals surface area (Å²) in [5, 5.41) is 3.38. The van der Waals surface area contributed by atoms with E-state index in [-0.39, 0.29) is 11.6 Å². The molecule has 0 aliphatic carbocycles. The molecule has 6 heteroatoms. The summed E-state index contributed by atoms with van der Waals surface area (Å²) in [4.78, 5) is 23.5. The number of nitrogens with zero attached hydrogens (tertiary/aromatic N) is 3. The van der Waals surface area contributed by atoms with Gasteiger partial charge in [-0.05, 0) is 56.2 Å². The van der Waals surface area contributed by atoms with Gasteiger partial charge in [0.25, 0.3) is 5.91 Å². The first-order valence-electron chi connectivity index (χ1n) is 8.57. The normalized spacial score (nSPS) is 10.6. The average molecular weight is 381 g/mol. The zero-order valence-corrected chi connectivity index (χ0v) is 16.5. The van der Waals surface area contributed by atoms with Crippen LogP contribution in [0.25, 0.3) is 0 Å². The molecule has 1 heterocycles. The lowest BCUT2D eigenvalue weighted by molar-refractivity contribution is 0.102. The fourth-order valence-electron chi connectivity index (χ4n) is 2.84. The number of hydrogen-bond donors (Lipinski definition) is 1. The van der Waals surface area contributed by atoms with Crippen molar-refractivity contribution in [3.8, 4) is 0 Å². The van der Waals surface area contributed by atoms with Gasteiger partial charge < -0.3 is 10.2 Å². The minimum Gasteiger partial charge on any atom is -0.319 e. The van der Waals surface area contributed by atoms with Crippen molar-refractivity contribution in [3.63, 3.8) is 0 Å². The minimum atomic E-state index is -0.322. The molecule has 0 spiro atoms. The van der Waals surface area contributed by atoms with Gasteiger partial charge in [-0.3, -0.25) is 4.79 Å². The van der Waals surface area contributed by atoms with Crippen molar-refractivity contribution in [3.05, 3.63) is 76.1 Å². The Bertz CT molecular complexity index is 966. The van der Waals surface area contributed by atoms with Crippen molar-refractivity contribution in [2.24, 2.45) is 0 Å². The molecule has 0 atom stereocenters. The van der Waals surface area contributed by atoms with Crippen LogP contribution in [0.1, 0.15) is 27.3 Å². The third-order valence-corrected chi connectivity index (χ3v) is 4.49. The maximum atomic E-state index is 12.8. The number of aryl methyl sites for hydroxylation is 3. The van der Waals surface area contributed by atoms with E-state index < -0.39 is 0 Å². The van der Waals surface area contributed by atoms with E-state index in [9.17, 15) is 4.79 Å². The minimum absolute atomic E-state index is 0.288. The monoisotopic (exact) mass is 380 g/mol. The van der Waals surface area contributed by atoms with Gasteiger partial charge in [0.05, 0.1) is 10.7 Å². The fourth-order valence-corrected chi connectivity index (χ4v) is 3.21. The summed E-state index contributed by atoms with van der Waals surface area (Å²) in [5.74, 6) is 0.134. The lowest BCUT2D eigenvalue weighted by Crippen LogP contribution is -2.19. The van der Waals surface area contributed by atoms with Gasteiger partial charge in [0, 0.05) is 18.4 Å². The standard InChI is InChI=1S/C21H21ClN4O/c1-13-10-14(2)19(17(22)11-13)25-20(27)18-12-15(3)23-21(24-18)26(4)16-8-6-5-7-9-16/h5-12H,1-4H3,(H,25,27). The van der Waals surface area contributed by atoms with Crippen LogP contribution in [0.4, 0.5) is 17.3 Å². The molecule has 3 aromatic rings. The van der Waals surface area contributed by atoms with Crippen LogP contribution in [0.5, 0.6) is 0 Å². The van der Waals surface area contributed by atoms with E-state index in [0.717, 1.165) is 16.8 Å². The van der Waals surface area contributed by atoms with Gasteiger partial charge in [-0.25, -0.2) is 9.97 Å². The maximum Gasteiger partial charge on any atom is 0.274 e. The van der Waals surface area contributed by atoms with Gasteiger partial charge in [0.1, 0.15) is 5.69 Å². The molecule has 2 aromatic carbocycles. The van der Waals surface area contributed by atoms with E-state index >= 15 is 0 Å². The third-order valence-electron chi connectivity index (χ3n) is 4.19. The number of aromatic nitrogens is 2. The first kappa shape index (κ1) is 18.9. The van der Waals surface area contributed by atoms with Crippen molar-refractivity contribution in [1.82, 2.24) is 9.97 Å². The third kappa shape index (κ3) is 4.26. The Morgan fingerprint density at radius 1 is 1.04 bits per heavy atom. The summed E-state index contributed by atoms with van der Waals surface area (Å²) >= 11 is 6.30. The molecular weight excluding hydrogens is 360 g/mol. The largest absolute Gasteiger partial charge is 0.319 e. The number of anilines is 3. The maximum absolute atomic E-state index is 12.8. The number of halogens is 1. The lowest BCUT2D eigenvalue weighted by Gasteiger charge is -2.18. The Hall–Kier alpha value is -2.92. The van der Waals surface area contributed by atoms with Crippen molar-refractivity contribution in [2.75, 3.05) is 17.3 Å². The molecule has 3 rings (SSSR count). The molecule has 0 unspecified atom stereocenters. The predicted molar refractivity (Wildman–Crippen MR) is 110 cm³/mol. The van der Waals surface area contributed by atoms with Gasteiger partial charge in [-0.15, -0.1) is 0 Å². The van der Waals surface area contributed by atoms with Gasteiger partial charge in [-0.2, -0.15) is 0 Å². The Morgan fingerprint density at radius 2 is 1.74 bits per heavy atom. The number of benzene rings is 2. The second-order valence-electron chi connectivity index (χ2n) is 6.48. The zero-order chi connectivity index (χ0) is 19.6. The molecule has 0 aliphatic heterocycles. The van der Waals surface area contributed by atoms with Crippen LogP contribution in [-0.2, 0) is 0 Å². The number of carbonyl (C=O) groups is 1. The van der Waals surface area contributed by atoms with E-state index in [1.54, 1.807) is 6.07 Å². The number of carbonyl (C=O) groups excluding carboxylic acids is 1. The zero-order valence-electron chi connectivity index (χ0n) is 15.7. The molecule has 0 saturated heterocycles. The topological polar surface area (TPSA) is 58.1 Å². The fraction of sp³-hybridized carbons (Fsp3) is 0.190. The van der Waals surface area contributed by atoms with Gasteiger partial charge in [0.15, 0.2) is 0 Å². The second-order valence-corrected chi connectivity index (χ2v) is 6.89. The Kier molecular flexibility index (Phi) is 5.42. The Morgan fingerprint density at radius 3 is 2.41 bits per heavy atom.